The van der Waals surface area contributed by atoms with Crippen LogP contribution in [0.3, 0.4) is 0 Å². The zero-order valence-corrected chi connectivity index (χ0v) is 36.3. The van der Waals surface area contributed by atoms with Crippen LogP contribution in [-0.2, 0) is 23.7 Å². The van der Waals surface area contributed by atoms with E-state index < -0.39 is 24.4 Å². The molecule has 4 heterocycles. The van der Waals surface area contributed by atoms with E-state index in [0.717, 1.165) is 90.3 Å². The number of aliphatic hydroxyl groups is 3. The fourth-order valence-electron chi connectivity index (χ4n) is 11.8. The molecule has 340 valence electrons. The molecule has 14 heteroatoms. The third-order valence-electron chi connectivity index (χ3n) is 15.1. The van der Waals surface area contributed by atoms with Crippen molar-refractivity contribution in [3.63, 3.8) is 0 Å². The summed E-state index contributed by atoms with van der Waals surface area (Å²) in [5.41, 5.74) is 12.6. The van der Waals surface area contributed by atoms with E-state index in [9.17, 15) is 20.1 Å². The largest absolute Gasteiger partial charge is 0.462 e. The van der Waals surface area contributed by atoms with Gasteiger partial charge in [-0.05, 0) is 152 Å². The molecule has 0 spiro atoms. The van der Waals surface area contributed by atoms with Crippen LogP contribution < -0.4 is 27.4 Å². The maximum Gasteiger partial charge on any atom is 0.302 e. The van der Waals surface area contributed by atoms with Gasteiger partial charge < -0.3 is 61.7 Å². The highest BCUT2D eigenvalue weighted by atomic mass is 16.6. The number of aliphatic imine (C=N–C) groups is 1. The van der Waals surface area contributed by atoms with Gasteiger partial charge in [0.05, 0.1) is 54.8 Å². The molecular formula is C46H78N6O8. The topological polar surface area (TPSA) is 215 Å². The first-order valence-electron chi connectivity index (χ1n) is 24.0. The number of fused-ring (bicyclic) bond motifs is 3. The molecule has 3 saturated carbocycles. The van der Waals surface area contributed by atoms with E-state index in [0.29, 0.717) is 75.4 Å². The average molecular weight is 843 g/mol. The zero-order chi connectivity index (χ0) is 42.0. The van der Waals surface area contributed by atoms with Gasteiger partial charge in [0, 0.05) is 45.4 Å². The Hall–Kier alpha value is -2.06. The van der Waals surface area contributed by atoms with Crippen LogP contribution in [0.5, 0.6) is 0 Å². The van der Waals surface area contributed by atoms with Crippen LogP contribution in [0.2, 0.25) is 0 Å². The summed E-state index contributed by atoms with van der Waals surface area (Å²) in [5, 5.41) is 43.7. The third-order valence-corrected chi connectivity index (χ3v) is 15.1. The molecule has 17 atom stereocenters. The van der Waals surface area contributed by atoms with E-state index in [1.54, 1.807) is 0 Å². The number of nitrogens with zero attached hydrogens (tertiary/aromatic N) is 1. The van der Waals surface area contributed by atoms with Crippen molar-refractivity contribution in [3.8, 4) is 11.8 Å². The van der Waals surface area contributed by atoms with Gasteiger partial charge in [0.1, 0.15) is 12.2 Å². The van der Waals surface area contributed by atoms with Crippen molar-refractivity contribution < 1.29 is 39.1 Å². The number of hydrogen-bond acceptors (Lipinski definition) is 12. The van der Waals surface area contributed by atoms with E-state index in [2.05, 4.69) is 27.8 Å². The van der Waals surface area contributed by atoms with E-state index in [1.165, 1.54) is 19.8 Å². The Bertz CT molecular complexity index is 1440. The lowest BCUT2D eigenvalue weighted by Gasteiger charge is -2.46. The molecule has 14 nitrogen and oxygen atoms in total. The monoisotopic (exact) mass is 843 g/mol. The zero-order valence-electron chi connectivity index (χ0n) is 36.3. The average Bonchev–Trinajstić information content (AvgIpc) is 3.25. The Kier molecular flexibility index (Phi) is 17.2. The van der Waals surface area contributed by atoms with E-state index in [1.807, 2.05) is 0 Å². The molecule has 0 radical (unpaired) electrons. The van der Waals surface area contributed by atoms with Gasteiger partial charge in [0.25, 0.3) is 0 Å². The first-order valence-corrected chi connectivity index (χ1v) is 24.0. The minimum atomic E-state index is -0.948. The number of guanidine groups is 1. The third kappa shape index (κ3) is 13.0. The van der Waals surface area contributed by atoms with Crippen molar-refractivity contribution in [1.29, 1.82) is 0 Å². The minimum absolute atomic E-state index is 0.0237. The predicted octanol–water partition coefficient (Wildman–Crippen LogP) is 2.84. The summed E-state index contributed by atoms with van der Waals surface area (Å²) in [5.74, 6) is 8.83. The van der Waals surface area contributed by atoms with Gasteiger partial charge in [-0.25, -0.2) is 0 Å². The fraction of sp³-hybridized carbons (Fsp3) is 0.913. The van der Waals surface area contributed by atoms with Gasteiger partial charge in [-0.2, -0.15) is 0 Å². The summed E-state index contributed by atoms with van der Waals surface area (Å²) in [7, 11) is 0. The lowest BCUT2D eigenvalue weighted by Crippen LogP contribution is -2.52. The summed E-state index contributed by atoms with van der Waals surface area (Å²) in [6.45, 7) is 5.71. The Labute approximate surface area is 358 Å². The normalized spacial score (nSPS) is 43.0. The van der Waals surface area contributed by atoms with Gasteiger partial charge in [-0.1, -0.05) is 5.92 Å². The second-order valence-corrected chi connectivity index (χ2v) is 19.7. The number of ether oxygens (including phenoxy) is 4. The second-order valence-electron chi connectivity index (χ2n) is 19.7. The van der Waals surface area contributed by atoms with Crippen molar-refractivity contribution in [2.75, 3.05) is 32.8 Å². The molecule has 2 bridgehead atoms. The lowest BCUT2D eigenvalue weighted by atomic mass is 9.74. The van der Waals surface area contributed by atoms with Crippen molar-refractivity contribution in [2.24, 2.45) is 52.0 Å². The summed E-state index contributed by atoms with van der Waals surface area (Å²) < 4.78 is 26.2. The molecule has 3 aliphatic carbocycles. The quantitative estimate of drug-likeness (QED) is 0.0468. The highest BCUT2D eigenvalue weighted by Crippen LogP contribution is 2.42. The molecule has 0 aromatic heterocycles. The summed E-state index contributed by atoms with van der Waals surface area (Å²) in [6, 6.07) is -0.0237. The molecule has 0 amide bonds. The predicted molar refractivity (Wildman–Crippen MR) is 229 cm³/mol. The lowest BCUT2D eigenvalue weighted by molar-refractivity contribution is -0.189. The summed E-state index contributed by atoms with van der Waals surface area (Å²) >= 11 is 0. The maximum absolute atomic E-state index is 12.4. The number of hydrogen-bond donors (Lipinski definition) is 8. The molecule has 10 N–H and O–H groups in total. The molecule has 6 fully saturated rings. The number of rotatable bonds is 12. The molecule has 3 saturated heterocycles. The fourth-order valence-corrected chi connectivity index (χ4v) is 11.8. The summed E-state index contributed by atoms with van der Waals surface area (Å²) in [6.07, 6.45) is 12.3. The van der Waals surface area contributed by atoms with Crippen LogP contribution in [0.4, 0.5) is 0 Å². The van der Waals surface area contributed by atoms with Crippen molar-refractivity contribution in [2.45, 2.75) is 196 Å². The van der Waals surface area contributed by atoms with Gasteiger partial charge in [-0.3, -0.25) is 9.79 Å². The highest BCUT2D eigenvalue weighted by Gasteiger charge is 2.46. The highest BCUT2D eigenvalue weighted by molar-refractivity contribution is 5.78. The Morgan fingerprint density at radius 3 is 2.48 bits per heavy atom. The second kappa shape index (κ2) is 22.5. The van der Waals surface area contributed by atoms with Crippen LogP contribution in [-0.4, -0.2) is 127 Å². The molecule has 7 rings (SSSR count). The van der Waals surface area contributed by atoms with E-state index >= 15 is 0 Å². The standard InChI is InChI=1S/C46H78N6O8/c1-28(53)58-34-25-40(60-41(26-34)33-23-38(55)45(56)43(24-33)57-19-15-30-7-4-16-49-27-30)32-8-2-9-35-36(52-46(48)51-17-5-6-29-14-18-50-44(47)22-29)10-3-11-39(35)59-42-21-31(20-32)12-13-37(42)54/h29-45,49-50,54-56H,3-8,10-27,47H2,1H3,(H3,48,51,52). The van der Waals surface area contributed by atoms with E-state index in [-0.39, 0.29) is 66.5 Å². The number of nitrogens with two attached hydrogens (primary N) is 2. The molecule has 7 aliphatic rings. The number of piperidine rings is 2. The van der Waals surface area contributed by atoms with Crippen LogP contribution in [0.15, 0.2) is 4.99 Å². The molecule has 4 aliphatic heterocycles. The minimum Gasteiger partial charge on any atom is -0.462 e. The van der Waals surface area contributed by atoms with Crippen molar-refractivity contribution >= 4 is 11.9 Å². The molecule has 60 heavy (non-hydrogen) atoms. The molecule has 0 aromatic carbocycles. The maximum atomic E-state index is 12.4. The van der Waals surface area contributed by atoms with Crippen molar-refractivity contribution in [3.05, 3.63) is 0 Å². The first-order chi connectivity index (χ1) is 29.1. The number of carbonyl (C=O) groups is 1. The number of carbonyl (C=O) groups excluding carboxylic acids is 1. The van der Waals surface area contributed by atoms with Gasteiger partial charge >= 0.3 is 5.97 Å². The molecule has 0 aromatic rings. The first kappa shape index (κ1) is 45.9. The van der Waals surface area contributed by atoms with Crippen LogP contribution in [0.25, 0.3) is 0 Å². The Morgan fingerprint density at radius 1 is 0.850 bits per heavy atom. The van der Waals surface area contributed by atoms with E-state index in [4.69, 9.17) is 35.4 Å². The molecule has 17 unspecified atom stereocenters. The summed E-state index contributed by atoms with van der Waals surface area (Å²) in [4.78, 5) is 17.1. The van der Waals surface area contributed by atoms with Crippen LogP contribution in [0, 0.1) is 47.3 Å². The van der Waals surface area contributed by atoms with Crippen LogP contribution in [0.1, 0.15) is 129 Å². The smallest absolute Gasteiger partial charge is 0.302 e. The number of nitrogens with one attached hydrogen (secondary N) is 3. The van der Waals surface area contributed by atoms with Gasteiger partial charge in [0.15, 0.2) is 5.96 Å². The van der Waals surface area contributed by atoms with Gasteiger partial charge in [0.2, 0.25) is 0 Å². The number of esters is 1. The van der Waals surface area contributed by atoms with Gasteiger partial charge in [-0.15, -0.1) is 5.92 Å². The molecular weight excluding hydrogens is 765 g/mol. The Balaban J connectivity index is 1.04. The SMILES string of the molecule is CC(=O)OC1CC(C2CC#CC3C(NC(N)=NCCCC4CCNC(N)C4)CCCC3OC3CC(CCC3O)C2)OC(C2CC(O)C(O)C(OCCC3CCCNC3)C2)C1. The van der Waals surface area contributed by atoms with Crippen LogP contribution >= 0.6 is 0 Å². The van der Waals surface area contributed by atoms with Crippen molar-refractivity contribution in [1.82, 2.24) is 16.0 Å². The number of aliphatic hydroxyl groups excluding tert-OH is 3. The Morgan fingerprint density at radius 2 is 1.68 bits per heavy atom.